The minimum atomic E-state index is 0.509. The van der Waals surface area contributed by atoms with Gasteiger partial charge in [-0.05, 0) is 71.4 Å². The van der Waals surface area contributed by atoms with Crippen LogP contribution < -0.4 is 4.74 Å². The minimum absolute atomic E-state index is 0.509. The maximum atomic E-state index is 5.28. The molecule has 0 spiro atoms. The number of methoxy groups -OCH3 is 1. The summed E-state index contributed by atoms with van der Waals surface area (Å²) < 4.78 is 6.32. The smallest absolute Gasteiger partial charge is 0.133 e. The van der Waals surface area contributed by atoms with E-state index in [9.17, 15) is 0 Å². The molecule has 0 atom stereocenters. The first kappa shape index (κ1) is 14.9. The zero-order chi connectivity index (χ0) is 13.9. The third kappa shape index (κ3) is 4.22. The molecule has 0 unspecified atom stereocenters. The lowest BCUT2D eigenvalue weighted by molar-refractivity contribution is 0.256. The van der Waals surface area contributed by atoms with Crippen molar-refractivity contribution in [1.29, 1.82) is 0 Å². The summed E-state index contributed by atoms with van der Waals surface area (Å²) in [7, 11) is 1.71. The van der Waals surface area contributed by atoms with Crippen LogP contribution in [0.1, 0.15) is 38.7 Å². The highest BCUT2D eigenvalue weighted by Gasteiger charge is 2.22. The molecule has 0 amide bonds. The summed E-state index contributed by atoms with van der Waals surface area (Å²) in [6.45, 7) is 8.24. The normalized spacial score (nSPS) is 20.0. The van der Waals surface area contributed by atoms with E-state index in [2.05, 4.69) is 46.8 Å². The predicted molar refractivity (Wildman–Crippen MR) is 83.6 cm³/mol. The molecule has 0 bridgehead atoms. The van der Waals surface area contributed by atoms with Gasteiger partial charge >= 0.3 is 0 Å². The van der Waals surface area contributed by atoms with Crippen LogP contribution in [0.3, 0.4) is 0 Å². The molecule has 3 heteroatoms. The Balaban J connectivity index is 1.99. The Morgan fingerprint density at radius 1 is 1.26 bits per heavy atom. The summed E-state index contributed by atoms with van der Waals surface area (Å²) in [6.07, 6.45) is 3.95. The fourth-order valence-electron chi connectivity index (χ4n) is 2.70. The fraction of sp³-hybridized carbons (Fsp3) is 0.625. The lowest BCUT2D eigenvalue weighted by atomic mass is 9.85. The fourth-order valence-corrected chi connectivity index (χ4v) is 3.29. The quantitative estimate of drug-likeness (QED) is 0.812. The highest BCUT2D eigenvalue weighted by atomic mass is 79.9. The second kappa shape index (κ2) is 6.27. The average Bonchev–Trinajstić information content (AvgIpc) is 2.51. The Labute approximate surface area is 125 Å². The van der Waals surface area contributed by atoms with Crippen molar-refractivity contribution < 1.29 is 4.74 Å². The van der Waals surface area contributed by atoms with Crippen molar-refractivity contribution in [3.8, 4) is 5.75 Å². The lowest BCUT2D eigenvalue weighted by Gasteiger charge is -2.23. The van der Waals surface area contributed by atoms with Gasteiger partial charge in [-0.1, -0.05) is 19.9 Å². The van der Waals surface area contributed by atoms with Crippen LogP contribution in [-0.4, -0.2) is 25.1 Å². The molecule has 1 saturated heterocycles. The lowest BCUT2D eigenvalue weighted by Crippen LogP contribution is -2.25. The maximum absolute atomic E-state index is 5.28. The van der Waals surface area contributed by atoms with Crippen molar-refractivity contribution >= 4 is 15.9 Å². The molecule has 2 rings (SSSR count). The standard InChI is InChI=1S/C16H24BrNO/c1-16(2)7-4-9-18(10-8-16)12-13-5-6-15(19-3)14(17)11-13/h5-6,11H,4,7-10,12H2,1-3H3. The predicted octanol–water partition coefficient (Wildman–Crippen LogP) is 4.47. The van der Waals surface area contributed by atoms with Crippen molar-refractivity contribution in [1.82, 2.24) is 4.90 Å². The number of hydrogen-bond acceptors (Lipinski definition) is 2. The molecule has 0 aliphatic carbocycles. The number of benzene rings is 1. The molecule has 1 aromatic carbocycles. The zero-order valence-corrected chi connectivity index (χ0v) is 13.8. The second-order valence-electron chi connectivity index (χ2n) is 6.26. The van der Waals surface area contributed by atoms with E-state index < -0.39 is 0 Å². The molecule has 106 valence electrons. The van der Waals surface area contributed by atoms with Crippen LogP contribution >= 0.6 is 15.9 Å². The van der Waals surface area contributed by atoms with E-state index in [0.717, 1.165) is 16.8 Å². The maximum Gasteiger partial charge on any atom is 0.133 e. The van der Waals surface area contributed by atoms with E-state index in [1.807, 2.05) is 6.07 Å². The van der Waals surface area contributed by atoms with Crippen LogP contribution in [0.15, 0.2) is 22.7 Å². The van der Waals surface area contributed by atoms with Gasteiger partial charge < -0.3 is 4.74 Å². The van der Waals surface area contributed by atoms with Crippen LogP contribution in [0.5, 0.6) is 5.75 Å². The van der Waals surface area contributed by atoms with E-state index >= 15 is 0 Å². The Kier molecular flexibility index (Phi) is 4.91. The number of nitrogens with zero attached hydrogens (tertiary/aromatic N) is 1. The van der Waals surface area contributed by atoms with Crippen LogP contribution in [0, 0.1) is 5.41 Å². The first-order valence-corrected chi connectivity index (χ1v) is 7.84. The summed E-state index contributed by atoms with van der Waals surface area (Å²) in [5, 5.41) is 0. The molecule has 0 aromatic heterocycles. The largest absolute Gasteiger partial charge is 0.496 e. The third-order valence-corrected chi connectivity index (χ3v) is 4.67. The summed E-state index contributed by atoms with van der Waals surface area (Å²) in [4.78, 5) is 2.57. The van der Waals surface area contributed by atoms with Crippen molar-refractivity contribution in [2.75, 3.05) is 20.2 Å². The second-order valence-corrected chi connectivity index (χ2v) is 7.12. The third-order valence-electron chi connectivity index (χ3n) is 4.06. The van der Waals surface area contributed by atoms with Gasteiger partial charge in [0.2, 0.25) is 0 Å². The Bertz CT molecular complexity index is 431. The first-order chi connectivity index (χ1) is 9.00. The van der Waals surface area contributed by atoms with Gasteiger partial charge in [0.15, 0.2) is 0 Å². The molecule has 0 N–H and O–H groups in total. The highest BCUT2D eigenvalue weighted by Crippen LogP contribution is 2.31. The molecule has 1 aromatic rings. The highest BCUT2D eigenvalue weighted by molar-refractivity contribution is 9.10. The summed E-state index contributed by atoms with van der Waals surface area (Å²) in [5.41, 5.74) is 1.86. The monoisotopic (exact) mass is 325 g/mol. The van der Waals surface area contributed by atoms with Crippen LogP contribution in [0.2, 0.25) is 0 Å². The minimum Gasteiger partial charge on any atom is -0.496 e. The Morgan fingerprint density at radius 2 is 2.05 bits per heavy atom. The Morgan fingerprint density at radius 3 is 2.74 bits per heavy atom. The average molecular weight is 326 g/mol. The van der Waals surface area contributed by atoms with Gasteiger partial charge in [0, 0.05) is 6.54 Å². The van der Waals surface area contributed by atoms with Crippen LogP contribution in [0.25, 0.3) is 0 Å². The summed E-state index contributed by atoms with van der Waals surface area (Å²) >= 11 is 3.56. The van der Waals surface area contributed by atoms with E-state index in [1.54, 1.807) is 7.11 Å². The van der Waals surface area contributed by atoms with Crippen molar-refractivity contribution in [3.05, 3.63) is 28.2 Å². The van der Waals surface area contributed by atoms with E-state index in [4.69, 9.17) is 4.74 Å². The molecule has 1 aliphatic heterocycles. The molecular weight excluding hydrogens is 302 g/mol. The van der Waals surface area contributed by atoms with Crippen molar-refractivity contribution in [3.63, 3.8) is 0 Å². The molecular formula is C16H24BrNO. The molecule has 19 heavy (non-hydrogen) atoms. The number of hydrogen-bond donors (Lipinski definition) is 0. The number of ether oxygens (including phenoxy) is 1. The number of halogens is 1. The molecule has 1 aliphatic rings. The number of likely N-dealkylation sites (tertiary alicyclic amines) is 1. The van der Waals surface area contributed by atoms with Gasteiger partial charge in [-0.15, -0.1) is 0 Å². The first-order valence-electron chi connectivity index (χ1n) is 7.05. The van der Waals surface area contributed by atoms with Gasteiger partial charge in [-0.25, -0.2) is 0 Å². The van der Waals surface area contributed by atoms with E-state index in [1.165, 1.54) is 37.9 Å². The van der Waals surface area contributed by atoms with Crippen LogP contribution in [-0.2, 0) is 6.54 Å². The van der Waals surface area contributed by atoms with Gasteiger partial charge in [0.05, 0.1) is 11.6 Å². The van der Waals surface area contributed by atoms with Crippen molar-refractivity contribution in [2.24, 2.45) is 5.41 Å². The van der Waals surface area contributed by atoms with Gasteiger partial charge in [0.25, 0.3) is 0 Å². The van der Waals surface area contributed by atoms with E-state index in [-0.39, 0.29) is 0 Å². The SMILES string of the molecule is COc1ccc(CN2CCCC(C)(C)CC2)cc1Br. The van der Waals surface area contributed by atoms with Gasteiger partial charge in [0.1, 0.15) is 5.75 Å². The molecule has 2 nitrogen and oxygen atoms in total. The molecule has 0 radical (unpaired) electrons. The van der Waals surface area contributed by atoms with Gasteiger partial charge in [-0.3, -0.25) is 4.90 Å². The Hall–Kier alpha value is -0.540. The van der Waals surface area contributed by atoms with E-state index in [0.29, 0.717) is 5.41 Å². The molecule has 1 fully saturated rings. The number of rotatable bonds is 3. The molecule has 0 saturated carbocycles. The van der Waals surface area contributed by atoms with Gasteiger partial charge in [-0.2, -0.15) is 0 Å². The van der Waals surface area contributed by atoms with Crippen molar-refractivity contribution in [2.45, 2.75) is 39.7 Å². The topological polar surface area (TPSA) is 12.5 Å². The zero-order valence-electron chi connectivity index (χ0n) is 12.2. The summed E-state index contributed by atoms with van der Waals surface area (Å²) in [5.74, 6) is 0.903. The molecule has 1 heterocycles. The summed E-state index contributed by atoms with van der Waals surface area (Å²) in [6, 6.07) is 6.38. The van der Waals surface area contributed by atoms with Crippen LogP contribution in [0.4, 0.5) is 0 Å².